The van der Waals surface area contributed by atoms with Crippen LogP contribution < -0.4 is 5.32 Å². The highest BCUT2D eigenvalue weighted by Gasteiger charge is 2.11. The summed E-state index contributed by atoms with van der Waals surface area (Å²) in [6.07, 6.45) is 2.25. The van der Waals surface area contributed by atoms with E-state index in [0.29, 0.717) is 17.8 Å². The molecule has 0 bridgehead atoms. The first-order chi connectivity index (χ1) is 10.8. The summed E-state index contributed by atoms with van der Waals surface area (Å²) in [5.74, 6) is -0.230. The van der Waals surface area contributed by atoms with Crippen molar-refractivity contribution >= 4 is 22.4 Å². The van der Waals surface area contributed by atoms with Gasteiger partial charge in [-0.25, -0.2) is 0 Å². The van der Waals surface area contributed by atoms with Gasteiger partial charge in [0.1, 0.15) is 5.69 Å². The molecular formula is C18H16N2O2. The van der Waals surface area contributed by atoms with Crippen LogP contribution in [0.3, 0.4) is 0 Å². The second-order valence-corrected chi connectivity index (χ2v) is 5.01. The van der Waals surface area contributed by atoms with Gasteiger partial charge in [-0.05, 0) is 35.6 Å². The average Bonchev–Trinajstić information content (AvgIpc) is 2.56. The van der Waals surface area contributed by atoms with Crippen molar-refractivity contribution in [1.29, 1.82) is 0 Å². The average molecular weight is 292 g/mol. The number of aromatic nitrogens is 1. The van der Waals surface area contributed by atoms with Crippen molar-refractivity contribution in [3.05, 3.63) is 72.1 Å². The molecular weight excluding hydrogens is 276 g/mol. The number of aliphatic hydroxyl groups is 1. The Balaban J connectivity index is 1.84. The smallest absolute Gasteiger partial charge is 0.274 e. The van der Waals surface area contributed by atoms with Crippen molar-refractivity contribution in [2.24, 2.45) is 0 Å². The van der Waals surface area contributed by atoms with Crippen molar-refractivity contribution in [2.75, 3.05) is 11.9 Å². The Morgan fingerprint density at radius 3 is 2.59 bits per heavy atom. The Bertz CT molecular complexity index is 792. The molecule has 0 aliphatic rings. The number of fused-ring (bicyclic) bond motifs is 1. The molecule has 0 saturated carbocycles. The van der Waals surface area contributed by atoms with Crippen LogP contribution in [0, 0.1) is 0 Å². The van der Waals surface area contributed by atoms with Crippen LogP contribution in [0.2, 0.25) is 0 Å². The number of aliphatic hydroxyl groups excluding tert-OH is 1. The lowest BCUT2D eigenvalue weighted by Crippen LogP contribution is -2.14. The third kappa shape index (κ3) is 2.97. The summed E-state index contributed by atoms with van der Waals surface area (Å²) in [6, 6.07) is 17.0. The molecule has 2 N–H and O–H groups in total. The molecule has 0 radical (unpaired) electrons. The molecule has 1 heterocycles. The van der Waals surface area contributed by atoms with Crippen LogP contribution in [-0.2, 0) is 6.42 Å². The quantitative estimate of drug-likeness (QED) is 0.777. The van der Waals surface area contributed by atoms with Gasteiger partial charge in [0, 0.05) is 23.9 Å². The van der Waals surface area contributed by atoms with Crippen LogP contribution >= 0.6 is 0 Å². The highest BCUT2D eigenvalue weighted by Crippen LogP contribution is 2.18. The fourth-order valence-electron chi connectivity index (χ4n) is 2.37. The van der Waals surface area contributed by atoms with E-state index in [1.165, 1.54) is 0 Å². The molecule has 22 heavy (non-hydrogen) atoms. The van der Waals surface area contributed by atoms with Crippen molar-refractivity contribution in [1.82, 2.24) is 4.98 Å². The maximum absolute atomic E-state index is 12.4. The van der Waals surface area contributed by atoms with Gasteiger partial charge in [-0.2, -0.15) is 0 Å². The van der Waals surface area contributed by atoms with Crippen LogP contribution in [0.15, 0.2) is 60.8 Å². The monoisotopic (exact) mass is 292 g/mol. The lowest BCUT2D eigenvalue weighted by atomic mass is 10.1. The zero-order valence-electron chi connectivity index (χ0n) is 12.0. The summed E-state index contributed by atoms with van der Waals surface area (Å²) in [7, 11) is 0. The fourth-order valence-corrected chi connectivity index (χ4v) is 2.37. The van der Waals surface area contributed by atoms with Crippen LogP contribution in [-0.4, -0.2) is 22.6 Å². The number of pyridine rings is 1. The molecule has 4 heteroatoms. The molecule has 0 fully saturated rings. The van der Waals surface area contributed by atoms with Gasteiger partial charge in [0.05, 0.1) is 0 Å². The second kappa shape index (κ2) is 6.37. The second-order valence-electron chi connectivity index (χ2n) is 5.01. The molecule has 0 unspecified atom stereocenters. The Morgan fingerprint density at radius 2 is 1.82 bits per heavy atom. The van der Waals surface area contributed by atoms with Crippen LogP contribution in [0.1, 0.15) is 16.1 Å². The molecule has 3 aromatic rings. The lowest BCUT2D eigenvalue weighted by Gasteiger charge is -2.08. The van der Waals surface area contributed by atoms with Crippen LogP contribution in [0.4, 0.5) is 5.69 Å². The summed E-state index contributed by atoms with van der Waals surface area (Å²) >= 11 is 0. The van der Waals surface area contributed by atoms with Crippen LogP contribution in [0.5, 0.6) is 0 Å². The number of rotatable bonds is 4. The number of carbonyl (C=O) groups excluding carboxylic acids is 1. The van der Waals surface area contributed by atoms with Gasteiger partial charge >= 0.3 is 0 Å². The van der Waals surface area contributed by atoms with Gasteiger partial charge in [0.15, 0.2) is 0 Å². The van der Waals surface area contributed by atoms with Gasteiger partial charge in [0.2, 0.25) is 0 Å². The minimum Gasteiger partial charge on any atom is -0.396 e. The molecule has 0 spiro atoms. The molecule has 4 nitrogen and oxygen atoms in total. The topological polar surface area (TPSA) is 62.2 Å². The molecule has 1 aromatic heterocycles. The number of hydrogen-bond acceptors (Lipinski definition) is 3. The molecule has 1 amide bonds. The van der Waals surface area contributed by atoms with E-state index in [9.17, 15) is 4.79 Å². The van der Waals surface area contributed by atoms with Crippen molar-refractivity contribution < 1.29 is 9.90 Å². The number of hydrogen-bond donors (Lipinski definition) is 2. The van der Waals surface area contributed by atoms with E-state index in [1.807, 2.05) is 54.6 Å². The predicted octanol–water partition coefficient (Wildman–Crippen LogP) is 3.02. The Labute approximate surface area is 128 Å². The van der Waals surface area contributed by atoms with E-state index in [2.05, 4.69) is 10.3 Å². The third-order valence-electron chi connectivity index (χ3n) is 3.50. The summed E-state index contributed by atoms with van der Waals surface area (Å²) in [6.45, 7) is 0.117. The maximum atomic E-state index is 12.4. The van der Waals surface area contributed by atoms with Crippen molar-refractivity contribution in [3.8, 4) is 0 Å². The minimum atomic E-state index is -0.230. The maximum Gasteiger partial charge on any atom is 0.274 e. The molecule has 2 aromatic carbocycles. The zero-order chi connectivity index (χ0) is 15.4. The minimum absolute atomic E-state index is 0.117. The first-order valence-corrected chi connectivity index (χ1v) is 7.13. The molecule has 3 rings (SSSR count). The third-order valence-corrected chi connectivity index (χ3v) is 3.50. The van der Waals surface area contributed by atoms with Gasteiger partial charge in [-0.3, -0.25) is 9.78 Å². The fraction of sp³-hybridized carbons (Fsp3) is 0.111. The predicted molar refractivity (Wildman–Crippen MR) is 86.9 cm³/mol. The normalized spacial score (nSPS) is 10.6. The summed E-state index contributed by atoms with van der Waals surface area (Å²) in [5, 5.41) is 13.6. The Morgan fingerprint density at radius 1 is 1.05 bits per heavy atom. The van der Waals surface area contributed by atoms with Gasteiger partial charge < -0.3 is 10.4 Å². The summed E-state index contributed by atoms with van der Waals surface area (Å²) in [5.41, 5.74) is 2.16. The lowest BCUT2D eigenvalue weighted by molar-refractivity contribution is 0.102. The van der Waals surface area contributed by atoms with E-state index in [0.717, 1.165) is 16.3 Å². The largest absolute Gasteiger partial charge is 0.396 e. The number of nitrogens with zero attached hydrogens (tertiary/aromatic N) is 1. The standard InChI is InChI=1S/C18H16N2O2/c21-12-10-13-5-7-15(8-6-13)20-18(22)17-16-4-2-1-3-14(16)9-11-19-17/h1-9,11,21H,10,12H2,(H,20,22). The van der Waals surface area contributed by atoms with Crippen molar-refractivity contribution in [2.45, 2.75) is 6.42 Å². The first kappa shape index (κ1) is 14.2. The van der Waals surface area contributed by atoms with E-state index in [4.69, 9.17) is 5.11 Å². The van der Waals surface area contributed by atoms with Gasteiger partial charge in [0.25, 0.3) is 5.91 Å². The van der Waals surface area contributed by atoms with Crippen LogP contribution in [0.25, 0.3) is 10.8 Å². The molecule has 110 valence electrons. The Hall–Kier alpha value is -2.72. The number of benzene rings is 2. The molecule has 0 saturated heterocycles. The zero-order valence-corrected chi connectivity index (χ0v) is 12.0. The molecule has 0 aliphatic heterocycles. The molecule has 0 aliphatic carbocycles. The number of anilines is 1. The summed E-state index contributed by atoms with van der Waals surface area (Å²) < 4.78 is 0. The van der Waals surface area contributed by atoms with E-state index in [-0.39, 0.29) is 12.5 Å². The highest BCUT2D eigenvalue weighted by atomic mass is 16.2. The number of nitrogens with one attached hydrogen (secondary N) is 1. The molecule has 0 atom stereocenters. The van der Waals surface area contributed by atoms with Crippen molar-refractivity contribution in [3.63, 3.8) is 0 Å². The number of amides is 1. The van der Waals surface area contributed by atoms with Gasteiger partial charge in [-0.1, -0.05) is 36.4 Å². The van der Waals surface area contributed by atoms with E-state index in [1.54, 1.807) is 6.20 Å². The summed E-state index contributed by atoms with van der Waals surface area (Å²) in [4.78, 5) is 16.6. The highest BCUT2D eigenvalue weighted by molar-refractivity contribution is 6.11. The number of carbonyl (C=O) groups is 1. The SMILES string of the molecule is O=C(Nc1ccc(CCO)cc1)c1nccc2ccccc12. The van der Waals surface area contributed by atoms with E-state index < -0.39 is 0 Å². The van der Waals surface area contributed by atoms with E-state index >= 15 is 0 Å². The first-order valence-electron chi connectivity index (χ1n) is 7.13. The van der Waals surface area contributed by atoms with Gasteiger partial charge in [-0.15, -0.1) is 0 Å². The Kier molecular flexibility index (Phi) is 4.12.